The average Bonchev–Trinajstić information content (AvgIpc) is 3.32. The summed E-state index contributed by atoms with van der Waals surface area (Å²) in [6.45, 7) is 0.928. The molecule has 186 valence electrons. The molecule has 1 aliphatic heterocycles. The summed E-state index contributed by atoms with van der Waals surface area (Å²) in [7, 11) is 1.68. The van der Waals surface area contributed by atoms with Gasteiger partial charge in [0.25, 0.3) is 5.91 Å². The SMILES string of the molecule is COc1ccc(-c2c3c4n(c(-c5ccc(Cl)cc5)cn4c2C(=O)NC2CCCCC2)CCCC3)cc1. The first-order valence-electron chi connectivity index (χ1n) is 13.1. The van der Waals surface area contributed by atoms with Crippen LogP contribution in [0.25, 0.3) is 28.0 Å². The fourth-order valence-corrected chi connectivity index (χ4v) is 6.16. The molecule has 0 bridgehead atoms. The number of aryl methyl sites for hydroxylation is 2. The Bertz CT molecular complexity index is 1390. The molecule has 1 saturated carbocycles. The molecule has 2 aliphatic rings. The number of carbonyl (C=O) groups excluding carboxylic acids is 1. The maximum atomic E-state index is 14.0. The second-order valence-electron chi connectivity index (χ2n) is 10.1. The Morgan fingerprint density at radius 1 is 0.944 bits per heavy atom. The second-order valence-corrected chi connectivity index (χ2v) is 10.5. The summed E-state index contributed by atoms with van der Waals surface area (Å²) in [4.78, 5) is 14.0. The molecule has 0 unspecified atom stereocenters. The Balaban J connectivity index is 1.56. The van der Waals surface area contributed by atoms with Crippen LogP contribution in [-0.2, 0) is 13.0 Å². The van der Waals surface area contributed by atoms with Gasteiger partial charge in [-0.15, -0.1) is 0 Å². The molecule has 3 heterocycles. The highest BCUT2D eigenvalue weighted by Gasteiger charge is 2.30. The Morgan fingerprint density at radius 2 is 1.67 bits per heavy atom. The fourth-order valence-electron chi connectivity index (χ4n) is 6.03. The second kappa shape index (κ2) is 9.70. The summed E-state index contributed by atoms with van der Waals surface area (Å²) < 4.78 is 9.96. The number of hydrogen-bond acceptors (Lipinski definition) is 2. The van der Waals surface area contributed by atoms with E-state index in [1.807, 2.05) is 24.3 Å². The molecule has 5 nitrogen and oxygen atoms in total. The Labute approximate surface area is 217 Å². The van der Waals surface area contributed by atoms with Gasteiger partial charge in [0.15, 0.2) is 0 Å². The Morgan fingerprint density at radius 3 is 2.39 bits per heavy atom. The molecular weight excluding hydrogens is 470 g/mol. The van der Waals surface area contributed by atoms with Crippen LogP contribution < -0.4 is 10.1 Å². The Kier molecular flexibility index (Phi) is 6.26. The van der Waals surface area contributed by atoms with Crippen LogP contribution in [0.2, 0.25) is 5.02 Å². The lowest BCUT2D eigenvalue weighted by Gasteiger charge is -2.23. The molecule has 1 fully saturated rings. The van der Waals surface area contributed by atoms with Crippen LogP contribution in [-0.4, -0.2) is 28.0 Å². The minimum atomic E-state index is 0.0225. The third kappa shape index (κ3) is 4.09. The number of carbonyl (C=O) groups is 1. The van der Waals surface area contributed by atoms with E-state index in [9.17, 15) is 4.79 Å². The van der Waals surface area contributed by atoms with Crippen molar-refractivity contribution in [3.05, 3.63) is 71.0 Å². The first kappa shape index (κ1) is 23.2. The van der Waals surface area contributed by atoms with Crippen molar-refractivity contribution in [1.29, 1.82) is 0 Å². The van der Waals surface area contributed by atoms with Crippen molar-refractivity contribution in [2.75, 3.05) is 7.11 Å². The number of hydrogen-bond donors (Lipinski definition) is 1. The van der Waals surface area contributed by atoms with Gasteiger partial charge in [0.1, 0.15) is 17.1 Å². The summed E-state index contributed by atoms with van der Waals surface area (Å²) in [5.41, 5.74) is 7.48. The van der Waals surface area contributed by atoms with Crippen molar-refractivity contribution in [3.8, 4) is 28.1 Å². The normalized spacial score (nSPS) is 16.2. The quantitative estimate of drug-likeness (QED) is 0.316. The molecule has 0 saturated heterocycles. The molecule has 1 amide bonds. The average molecular weight is 502 g/mol. The van der Waals surface area contributed by atoms with Crippen LogP contribution in [0.15, 0.2) is 54.7 Å². The molecule has 2 aromatic carbocycles. The van der Waals surface area contributed by atoms with Gasteiger partial charge in [-0.05, 0) is 67.5 Å². The standard InChI is InChI=1S/C30H32ClN3O2/c1-36-24-16-12-21(13-17-24)27-25-9-5-6-18-33-26(20-10-14-22(31)15-11-20)19-34(30(25)33)28(27)29(35)32-23-7-3-2-4-8-23/h10-17,19,23H,2-9,18H2,1H3,(H,32,35). The van der Waals surface area contributed by atoms with Gasteiger partial charge in [-0.25, -0.2) is 0 Å². The number of nitrogens with one attached hydrogen (secondary N) is 1. The number of amides is 1. The molecule has 2 aromatic heterocycles. The molecule has 4 aromatic rings. The van der Waals surface area contributed by atoms with Crippen molar-refractivity contribution >= 4 is 23.2 Å². The molecular formula is C30H32ClN3O2. The maximum Gasteiger partial charge on any atom is 0.269 e. The van der Waals surface area contributed by atoms with Crippen LogP contribution in [0.5, 0.6) is 5.75 Å². The molecule has 6 rings (SSSR count). The predicted molar refractivity (Wildman–Crippen MR) is 145 cm³/mol. The number of rotatable bonds is 5. The molecule has 1 N–H and O–H groups in total. The van der Waals surface area contributed by atoms with E-state index in [0.29, 0.717) is 0 Å². The van der Waals surface area contributed by atoms with E-state index in [1.165, 1.54) is 24.8 Å². The largest absolute Gasteiger partial charge is 0.497 e. The van der Waals surface area contributed by atoms with Crippen molar-refractivity contribution in [3.63, 3.8) is 0 Å². The summed E-state index contributed by atoms with van der Waals surface area (Å²) >= 11 is 6.19. The highest BCUT2D eigenvalue weighted by atomic mass is 35.5. The van der Waals surface area contributed by atoms with Gasteiger partial charge in [0.05, 0.1) is 12.8 Å². The van der Waals surface area contributed by atoms with Crippen LogP contribution in [0.4, 0.5) is 0 Å². The van der Waals surface area contributed by atoms with Crippen molar-refractivity contribution < 1.29 is 9.53 Å². The van der Waals surface area contributed by atoms with E-state index in [4.69, 9.17) is 16.3 Å². The smallest absolute Gasteiger partial charge is 0.269 e. The van der Waals surface area contributed by atoms with E-state index >= 15 is 0 Å². The number of methoxy groups -OCH3 is 1. The van der Waals surface area contributed by atoms with Gasteiger partial charge in [0.2, 0.25) is 0 Å². The predicted octanol–water partition coefficient (Wildman–Crippen LogP) is 7.14. The summed E-state index contributed by atoms with van der Waals surface area (Å²) in [6.07, 6.45) is 11.0. The van der Waals surface area contributed by atoms with Crippen LogP contribution in [0.3, 0.4) is 0 Å². The van der Waals surface area contributed by atoms with Crippen molar-refractivity contribution in [1.82, 2.24) is 14.3 Å². The first-order chi connectivity index (χ1) is 17.6. The third-order valence-electron chi connectivity index (χ3n) is 7.81. The van der Waals surface area contributed by atoms with Gasteiger partial charge in [-0.3, -0.25) is 9.20 Å². The molecule has 1 aliphatic carbocycles. The molecule has 0 atom stereocenters. The van der Waals surface area contributed by atoms with E-state index in [1.54, 1.807) is 7.11 Å². The highest BCUT2D eigenvalue weighted by Crippen LogP contribution is 2.40. The zero-order chi connectivity index (χ0) is 24.6. The van der Waals surface area contributed by atoms with Crippen molar-refractivity contribution in [2.24, 2.45) is 0 Å². The van der Waals surface area contributed by atoms with Crippen LogP contribution in [0, 0.1) is 0 Å². The number of imidazole rings is 1. The third-order valence-corrected chi connectivity index (χ3v) is 8.06. The zero-order valence-corrected chi connectivity index (χ0v) is 21.5. The number of benzene rings is 2. The zero-order valence-electron chi connectivity index (χ0n) is 20.7. The van der Waals surface area contributed by atoms with E-state index < -0.39 is 0 Å². The fraction of sp³-hybridized carbons (Fsp3) is 0.367. The summed E-state index contributed by atoms with van der Waals surface area (Å²) in [5.74, 6) is 0.838. The van der Waals surface area contributed by atoms with Gasteiger partial charge in [0, 0.05) is 34.9 Å². The summed E-state index contributed by atoms with van der Waals surface area (Å²) in [5, 5.41) is 4.12. The minimum absolute atomic E-state index is 0.0225. The number of halogens is 1. The first-order valence-corrected chi connectivity index (χ1v) is 13.5. The van der Waals surface area contributed by atoms with Gasteiger partial charge < -0.3 is 14.6 Å². The van der Waals surface area contributed by atoms with E-state index in [-0.39, 0.29) is 11.9 Å². The number of ether oxygens (including phenoxy) is 1. The van der Waals surface area contributed by atoms with Gasteiger partial charge in [-0.1, -0.05) is 55.1 Å². The van der Waals surface area contributed by atoms with Crippen LogP contribution in [0.1, 0.15) is 61.0 Å². The number of aromatic nitrogens is 2. The van der Waals surface area contributed by atoms with Crippen molar-refractivity contribution in [2.45, 2.75) is 64.0 Å². The topological polar surface area (TPSA) is 47.7 Å². The molecule has 0 spiro atoms. The monoisotopic (exact) mass is 501 g/mol. The van der Waals surface area contributed by atoms with Gasteiger partial charge in [-0.2, -0.15) is 0 Å². The Hall–Kier alpha value is -3.18. The van der Waals surface area contributed by atoms with E-state index in [0.717, 1.165) is 83.1 Å². The number of nitrogens with zero attached hydrogens (tertiary/aromatic N) is 2. The maximum absolute atomic E-state index is 14.0. The minimum Gasteiger partial charge on any atom is -0.497 e. The van der Waals surface area contributed by atoms with Gasteiger partial charge >= 0.3 is 0 Å². The molecule has 36 heavy (non-hydrogen) atoms. The summed E-state index contributed by atoms with van der Waals surface area (Å²) in [6, 6.07) is 16.4. The lowest BCUT2D eigenvalue weighted by Crippen LogP contribution is -2.37. The van der Waals surface area contributed by atoms with E-state index in [2.05, 4.69) is 44.7 Å². The molecule has 6 heteroatoms. The highest BCUT2D eigenvalue weighted by molar-refractivity contribution is 6.30. The van der Waals surface area contributed by atoms with Crippen LogP contribution >= 0.6 is 11.6 Å². The lowest BCUT2D eigenvalue weighted by atomic mass is 9.94. The molecule has 0 radical (unpaired) electrons. The lowest BCUT2D eigenvalue weighted by molar-refractivity contribution is 0.0922.